The number of carboxylic acids is 1. The molecule has 0 aliphatic heterocycles. The highest BCUT2D eigenvalue weighted by Gasteiger charge is 2.22. The molecule has 3 N–H and O–H groups in total. The van der Waals surface area contributed by atoms with Crippen molar-refractivity contribution in [1.29, 1.82) is 0 Å². The minimum Gasteiger partial charge on any atom is -0.490 e. The summed E-state index contributed by atoms with van der Waals surface area (Å²) in [6.07, 6.45) is 0. The largest absolute Gasteiger partial charge is 0.490 e. The van der Waals surface area contributed by atoms with Gasteiger partial charge in [0.05, 0.1) is 18.6 Å². The summed E-state index contributed by atoms with van der Waals surface area (Å²) in [6, 6.07) is 1.95. The fourth-order valence-electron chi connectivity index (χ4n) is 1.40. The van der Waals surface area contributed by atoms with Gasteiger partial charge in [-0.15, -0.1) is 0 Å². The number of nitrogens with zero attached hydrogens (tertiary/aromatic N) is 1. The molecule has 0 unspecified atom stereocenters. The highest BCUT2D eigenvalue weighted by Crippen LogP contribution is 2.27. The standard InChI is InChI=1S/C11H12N2O7/c1-20-9-3-2-6(4-8(9)13(18)19)10(15)12-7(5-14)11(16)17/h2-4,7,14H,5H2,1H3,(H,12,15)(H,16,17)/t7-/m1/s1. The number of carboxylic acid groups (broad SMARTS) is 1. The highest BCUT2D eigenvalue weighted by molar-refractivity contribution is 5.97. The summed E-state index contributed by atoms with van der Waals surface area (Å²) in [4.78, 5) is 32.5. The molecule has 1 aromatic carbocycles. The van der Waals surface area contributed by atoms with E-state index in [9.17, 15) is 19.7 Å². The molecule has 1 aromatic rings. The van der Waals surface area contributed by atoms with E-state index in [2.05, 4.69) is 0 Å². The second-order valence-electron chi connectivity index (χ2n) is 3.69. The normalized spacial score (nSPS) is 11.5. The number of ether oxygens (including phenoxy) is 1. The quantitative estimate of drug-likeness (QED) is 0.484. The maximum atomic E-state index is 11.7. The molecule has 1 atom stereocenters. The number of aliphatic carboxylic acids is 1. The van der Waals surface area contributed by atoms with Gasteiger partial charge >= 0.3 is 11.7 Å². The van der Waals surface area contributed by atoms with Crippen LogP contribution in [0.25, 0.3) is 0 Å². The van der Waals surface area contributed by atoms with Crippen molar-refractivity contribution in [3.05, 3.63) is 33.9 Å². The van der Waals surface area contributed by atoms with Crippen molar-refractivity contribution >= 4 is 17.6 Å². The first-order valence-corrected chi connectivity index (χ1v) is 5.37. The number of rotatable bonds is 6. The Labute approximate surface area is 112 Å². The van der Waals surface area contributed by atoms with Crippen molar-refractivity contribution in [2.45, 2.75) is 6.04 Å². The number of aliphatic hydroxyl groups excluding tert-OH is 1. The van der Waals surface area contributed by atoms with Gasteiger partial charge in [-0.05, 0) is 12.1 Å². The van der Waals surface area contributed by atoms with Crippen LogP contribution in [-0.4, -0.2) is 46.8 Å². The molecule has 0 spiro atoms. The van der Waals surface area contributed by atoms with E-state index >= 15 is 0 Å². The molecule has 108 valence electrons. The Bertz CT molecular complexity index is 544. The van der Waals surface area contributed by atoms with Crippen LogP contribution >= 0.6 is 0 Å². The zero-order chi connectivity index (χ0) is 15.3. The van der Waals surface area contributed by atoms with Crippen molar-refractivity contribution in [3.63, 3.8) is 0 Å². The van der Waals surface area contributed by atoms with Gasteiger partial charge in [0.1, 0.15) is 0 Å². The fourth-order valence-corrected chi connectivity index (χ4v) is 1.40. The van der Waals surface area contributed by atoms with Crippen molar-refractivity contribution < 1.29 is 29.5 Å². The van der Waals surface area contributed by atoms with E-state index in [0.717, 1.165) is 6.07 Å². The third kappa shape index (κ3) is 3.42. The topological polar surface area (TPSA) is 139 Å². The van der Waals surface area contributed by atoms with Crippen molar-refractivity contribution in [2.75, 3.05) is 13.7 Å². The van der Waals surface area contributed by atoms with E-state index in [4.69, 9.17) is 14.9 Å². The van der Waals surface area contributed by atoms with E-state index in [-0.39, 0.29) is 11.3 Å². The van der Waals surface area contributed by atoms with Crippen LogP contribution in [0.5, 0.6) is 5.75 Å². The summed E-state index contributed by atoms with van der Waals surface area (Å²) in [5.74, 6) is -2.29. The average molecular weight is 284 g/mol. The second kappa shape index (κ2) is 6.48. The molecule has 0 aliphatic carbocycles. The van der Waals surface area contributed by atoms with Crippen LogP contribution in [0, 0.1) is 10.1 Å². The average Bonchev–Trinajstić information content (AvgIpc) is 2.43. The molecule has 0 saturated heterocycles. The summed E-state index contributed by atoms with van der Waals surface area (Å²) in [7, 11) is 1.24. The Morgan fingerprint density at radius 1 is 1.50 bits per heavy atom. The third-order valence-electron chi connectivity index (χ3n) is 2.42. The van der Waals surface area contributed by atoms with Gasteiger partial charge in [0.15, 0.2) is 11.8 Å². The molecule has 20 heavy (non-hydrogen) atoms. The van der Waals surface area contributed by atoms with E-state index in [1.165, 1.54) is 19.2 Å². The van der Waals surface area contributed by atoms with Gasteiger partial charge in [0.2, 0.25) is 0 Å². The summed E-state index contributed by atoms with van der Waals surface area (Å²) in [6.45, 7) is -0.792. The summed E-state index contributed by atoms with van der Waals surface area (Å²) < 4.78 is 4.77. The van der Waals surface area contributed by atoms with Crippen LogP contribution in [-0.2, 0) is 4.79 Å². The van der Waals surface area contributed by atoms with E-state index in [0.29, 0.717) is 0 Å². The predicted octanol–water partition coefficient (Wildman–Crippen LogP) is -0.221. The number of carbonyl (C=O) groups is 2. The Kier molecular flexibility index (Phi) is 4.98. The van der Waals surface area contributed by atoms with Gasteiger partial charge in [-0.2, -0.15) is 0 Å². The number of benzene rings is 1. The van der Waals surface area contributed by atoms with Gasteiger partial charge in [-0.3, -0.25) is 14.9 Å². The molecule has 0 bridgehead atoms. The van der Waals surface area contributed by atoms with E-state index < -0.39 is 35.1 Å². The molecule has 0 heterocycles. The summed E-state index contributed by atoms with van der Waals surface area (Å²) in [5, 5.41) is 30.3. The number of amides is 1. The molecule has 0 saturated carbocycles. The number of carbonyl (C=O) groups excluding carboxylic acids is 1. The lowest BCUT2D eigenvalue weighted by Crippen LogP contribution is -2.43. The van der Waals surface area contributed by atoms with Crippen molar-refractivity contribution in [2.24, 2.45) is 0 Å². The maximum absolute atomic E-state index is 11.7. The fraction of sp³-hybridized carbons (Fsp3) is 0.273. The van der Waals surface area contributed by atoms with Crippen molar-refractivity contribution in [3.8, 4) is 5.75 Å². The molecule has 1 amide bonds. The zero-order valence-corrected chi connectivity index (χ0v) is 10.4. The van der Waals surface area contributed by atoms with Gasteiger partial charge in [0.25, 0.3) is 5.91 Å². The number of nitro groups is 1. The first kappa shape index (κ1) is 15.4. The zero-order valence-electron chi connectivity index (χ0n) is 10.4. The van der Waals surface area contributed by atoms with E-state index in [1.54, 1.807) is 0 Å². The second-order valence-corrected chi connectivity index (χ2v) is 3.69. The minimum absolute atomic E-state index is 0.0245. The van der Waals surface area contributed by atoms with Crippen LogP contribution < -0.4 is 10.1 Å². The Balaban J connectivity index is 3.02. The van der Waals surface area contributed by atoms with Crippen LogP contribution in [0.15, 0.2) is 18.2 Å². The maximum Gasteiger partial charge on any atom is 0.328 e. The van der Waals surface area contributed by atoms with Crippen LogP contribution in [0.2, 0.25) is 0 Å². The first-order valence-electron chi connectivity index (χ1n) is 5.37. The van der Waals surface area contributed by atoms with Crippen LogP contribution in [0.3, 0.4) is 0 Å². The van der Waals surface area contributed by atoms with Gasteiger partial charge in [-0.25, -0.2) is 4.79 Å². The molecule has 0 aromatic heterocycles. The lowest BCUT2D eigenvalue weighted by atomic mass is 10.1. The van der Waals surface area contributed by atoms with E-state index in [1.807, 2.05) is 5.32 Å². The predicted molar refractivity (Wildman–Crippen MR) is 65.6 cm³/mol. The number of nitro benzene ring substituents is 1. The molecule has 0 radical (unpaired) electrons. The molecular formula is C11H12N2O7. The lowest BCUT2D eigenvalue weighted by Gasteiger charge is -2.11. The Morgan fingerprint density at radius 2 is 2.15 bits per heavy atom. The van der Waals surface area contributed by atoms with Crippen molar-refractivity contribution in [1.82, 2.24) is 5.32 Å². The number of nitrogens with one attached hydrogen (secondary N) is 1. The number of hydrogen-bond acceptors (Lipinski definition) is 6. The van der Waals surface area contributed by atoms with Gasteiger partial charge < -0.3 is 20.3 Å². The number of methoxy groups -OCH3 is 1. The smallest absolute Gasteiger partial charge is 0.328 e. The molecule has 0 aliphatic rings. The molecule has 1 rings (SSSR count). The summed E-state index contributed by atoms with van der Waals surface area (Å²) in [5.41, 5.74) is -0.534. The van der Waals surface area contributed by atoms with Gasteiger partial charge in [-0.1, -0.05) is 0 Å². The van der Waals surface area contributed by atoms with Crippen LogP contribution in [0.1, 0.15) is 10.4 Å². The monoisotopic (exact) mass is 284 g/mol. The Morgan fingerprint density at radius 3 is 2.60 bits per heavy atom. The third-order valence-corrected chi connectivity index (χ3v) is 2.42. The first-order chi connectivity index (χ1) is 9.40. The molecule has 9 nitrogen and oxygen atoms in total. The minimum atomic E-state index is -1.48. The Hall–Kier alpha value is -2.68. The van der Waals surface area contributed by atoms with Crippen LogP contribution in [0.4, 0.5) is 5.69 Å². The number of aliphatic hydroxyl groups is 1. The number of hydrogen-bond donors (Lipinski definition) is 3. The SMILES string of the molecule is COc1ccc(C(=O)N[C@H](CO)C(=O)O)cc1[N+](=O)[O-]. The van der Waals surface area contributed by atoms with Gasteiger partial charge in [0, 0.05) is 11.6 Å². The highest BCUT2D eigenvalue weighted by atomic mass is 16.6. The molecule has 0 fully saturated rings. The molecule has 9 heteroatoms. The lowest BCUT2D eigenvalue weighted by molar-refractivity contribution is -0.385. The molecular weight excluding hydrogens is 272 g/mol. The summed E-state index contributed by atoms with van der Waals surface area (Å²) >= 11 is 0.